The fraction of sp³-hybridized carbons (Fsp3) is 0.357. The molecule has 1 aliphatic heterocycles. The number of nitrogens with zero attached hydrogens (tertiary/aromatic N) is 2. The van der Waals surface area contributed by atoms with Crippen molar-refractivity contribution in [2.75, 3.05) is 17.9 Å². The van der Waals surface area contributed by atoms with E-state index in [-0.39, 0.29) is 10.9 Å². The second-order valence-corrected chi connectivity index (χ2v) is 7.23. The molecule has 1 saturated heterocycles. The third-order valence-electron chi connectivity index (χ3n) is 3.54. The van der Waals surface area contributed by atoms with Crippen LogP contribution < -0.4 is 4.72 Å². The molecule has 1 N–H and O–H groups in total. The molecule has 0 spiro atoms. The maximum Gasteiger partial charge on any atom is 0.261 e. The molecule has 22 heavy (non-hydrogen) atoms. The fourth-order valence-corrected chi connectivity index (χ4v) is 3.52. The average Bonchev–Trinajstić information content (AvgIpc) is 2.96. The number of rotatable bonds is 4. The third kappa shape index (κ3) is 3.43. The van der Waals surface area contributed by atoms with Crippen molar-refractivity contribution in [2.24, 2.45) is 0 Å². The molecule has 8 heteroatoms. The van der Waals surface area contributed by atoms with Gasteiger partial charge in [0.1, 0.15) is 0 Å². The van der Waals surface area contributed by atoms with E-state index in [1.54, 1.807) is 23.0 Å². The quantitative estimate of drug-likeness (QED) is 0.928. The molecule has 0 radical (unpaired) electrons. The number of ether oxygens (including phenoxy) is 1. The van der Waals surface area contributed by atoms with Crippen molar-refractivity contribution in [3.05, 3.63) is 41.7 Å². The summed E-state index contributed by atoms with van der Waals surface area (Å²) in [6.45, 7) is 1.41. The van der Waals surface area contributed by atoms with Gasteiger partial charge in [0.05, 0.1) is 22.8 Å². The summed E-state index contributed by atoms with van der Waals surface area (Å²) in [6.07, 6.45) is 4.99. The maximum atomic E-state index is 12.3. The molecule has 0 bridgehead atoms. The number of sulfonamides is 1. The summed E-state index contributed by atoms with van der Waals surface area (Å²) >= 11 is 5.77. The highest BCUT2D eigenvalue weighted by atomic mass is 35.5. The predicted molar refractivity (Wildman–Crippen MR) is 83.6 cm³/mol. The second kappa shape index (κ2) is 6.28. The van der Waals surface area contributed by atoms with Crippen molar-refractivity contribution < 1.29 is 13.2 Å². The SMILES string of the molecule is O=S(=O)(Nc1cnn(C2CCOCC2)c1)c1ccc(Cl)cc1. The smallest absolute Gasteiger partial charge is 0.261 e. The van der Waals surface area contributed by atoms with Crippen LogP contribution >= 0.6 is 11.6 Å². The van der Waals surface area contributed by atoms with Crippen LogP contribution in [0, 0.1) is 0 Å². The van der Waals surface area contributed by atoms with Crippen LogP contribution in [-0.2, 0) is 14.8 Å². The first-order valence-corrected chi connectivity index (χ1v) is 8.81. The van der Waals surface area contributed by atoms with Crippen LogP contribution in [0.15, 0.2) is 41.6 Å². The van der Waals surface area contributed by atoms with E-state index in [9.17, 15) is 8.42 Å². The number of aromatic nitrogens is 2. The van der Waals surface area contributed by atoms with Crippen molar-refractivity contribution in [3.63, 3.8) is 0 Å². The number of anilines is 1. The van der Waals surface area contributed by atoms with Gasteiger partial charge < -0.3 is 4.74 Å². The van der Waals surface area contributed by atoms with Crippen molar-refractivity contribution >= 4 is 27.3 Å². The van der Waals surface area contributed by atoms with Gasteiger partial charge in [-0.2, -0.15) is 5.10 Å². The van der Waals surface area contributed by atoms with E-state index in [1.807, 2.05) is 0 Å². The first-order chi connectivity index (χ1) is 10.5. The minimum absolute atomic E-state index is 0.163. The van der Waals surface area contributed by atoms with Crippen LogP contribution in [0.5, 0.6) is 0 Å². The Morgan fingerprint density at radius 3 is 2.59 bits per heavy atom. The molecule has 1 aliphatic rings. The Morgan fingerprint density at radius 1 is 1.23 bits per heavy atom. The second-order valence-electron chi connectivity index (χ2n) is 5.11. The molecule has 0 unspecified atom stereocenters. The number of nitrogens with one attached hydrogen (secondary N) is 1. The zero-order valence-electron chi connectivity index (χ0n) is 11.8. The summed E-state index contributed by atoms with van der Waals surface area (Å²) in [5.74, 6) is 0. The van der Waals surface area contributed by atoms with E-state index in [2.05, 4.69) is 9.82 Å². The van der Waals surface area contributed by atoms with Crippen LogP contribution in [0.2, 0.25) is 5.02 Å². The van der Waals surface area contributed by atoms with Gasteiger partial charge in [0, 0.05) is 24.4 Å². The molecule has 0 aliphatic carbocycles. The Balaban J connectivity index is 1.75. The van der Waals surface area contributed by atoms with Gasteiger partial charge in [0.25, 0.3) is 10.0 Å². The molecule has 2 heterocycles. The molecule has 1 fully saturated rings. The largest absolute Gasteiger partial charge is 0.381 e. The zero-order valence-corrected chi connectivity index (χ0v) is 13.3. The Hall–Kier alpha value is -1.57. The summed E-state index contributed by atoms with van der Waals surface area (Å²) in [4.78, 5) is 0.163. The third-order valence-corrected chi connectivity index (χ3v) is 5.19. The summed E-state index contributed by atoms with van der Waals surface area (Å²) in [6, 6.07) is 6.27. The topological polar surface area (TPSA) is 73.2 Å². The predicted octanol–water partition coefficient (Wildman–Crippen LogP) is 2.69. The van der Waals surface area contributed by atoms with E-state index in [0.717, 1.165) is 12.8 Å². The van der Waals surface area contributed by atoms with E-state index >= 15 is 0 Å². The Kier molecular flexibility index (Phi) is 4.37. The minimum atomic E-state index is -3.63. The molecule has 118 valence electrons. The molecule has 6 nitrogen and oxygen atoms in total. The van der Waals surface area contributed by atoms with Gasteiger partial charge >= 0.3 is 0 Å². The van der Waals surface area contributed by atoms with Gasteiger partial charge in [-0.15, -0.1) is 0 Å². The van der Waals surface area contributed by atoms with Gasteiger partial charge in [0.2, 0.25) is 0 Å². The van der Waals surface area contributed by atoms with Crippen LogP contribution in [0.25, 0.3) is 0 Å². The van der Waals surface area contributed by atoms with Crippen LogP contribution in [0.4, 0.5) is 5.69 Å². The molecule has 2 aromatic rings. The lowest BCUT2D eigenvalue weighted by molar-refractivity contribution is 0.0662. The molecular weight excluding hydrogens is 326 g/mol. The van der Waals surface area contributed by atoms with E-state index in [4.69, 9.17) is 16.3 Å². The van der Waals surface area contributed by atoms with Crippen LogP contribution in [0.1, 0.15) is 18.9 Å². The van der Waals surface area contributed by atoms with Crippen LogP contribution in [0.3, 0.4) is 0 Å². The highest BCUT2D eigenvalue weighted by Crippen LogP contribution is 2.23. The Bertz CT molecular complexity index is 737. The number of benzene rings is 1. The summed E-state index contributed by atoms with van der Waals surface area (Å²) in [7, 11) is -3.63. The number of halogens is 1. The molecular formula is C14H16ClN3O3S. The van der Waals surface area contributed by atoms with Crippen molar-refractivity contribution in [1.82, 2.24) is 9.78 Å². The summed E-state index contributed by atoms with van der Waals surface area (Å²) in [5.41, 5.74) is 0.446. The van der Waals surface area contributed by atoms with Gasteiger partial charge in [-0.25, -0.2) is 8.42 Å². The van der Waals surface area contributed by atoms with Crippen molar-refractivity contribution in [3.8, 4) is 0 Å². The fourth-order valence-electron chi connectivity index (χ4n) is 2.37. The maximum absolute atomic E-state index is 12.3. The lowest BCUT2D eigenvalue weighted by Gasteiger charge is -2.22. The monoisotopic (exact) mass is 341 g/mol. The highest BCUT2D eigenvalue weighted by molar-refractivity contribution is 7.92. The lowest BCUT2D eigenvalue weighted by atomic mass is 10.1. The van der Waals surface area contributed by atoms with E-state index in [1.165, 1.54) is 18.3 Å². The molecule has 0 atom stereocenters. The molecule has 3 rings (SSSR count). The van der Waals surface area contributed by atoms with Crippen molar-refractivity contribution in [2.45, 2.75) is 23.8 Å². The molecule has 0 amide bonds. The number of hydrogen-bond donors (Lipinski definition) is 1. The molecule has 1 aromatic heterocycles. The van der Waals surface area contributed by atoms with Crippen LogP contribution in [-0.4, -0.2) is 31.4 Å². The van der Waals surface area contributed by atoms with E-state index in [0.29, 0.717) is 23.9 Å². The summed E-state index contributed by atoms with van der Waals surface area (Å²) in [5, 5.41) is 4.74. The van der Waals surface area contributed by atoms with Gasteiger partial charge in [-0.3, -0.25) is 9.40 Å². The zero-order chi connectivity index (χ0) is 15.6. The normalized spacial score (nSPS) is 16.6. The standard InChI is InChI=1S/C14H16ClN3O3S/c15-11-1-3-14(4-2-11)22(19,20)17-12-9-16-18(10-12)13-5-7-21-8-6-13/h1-4,9-10,13,17H,5-8H2. The highest BCUT2D eigenvalue weighted by Gasteiger charge is 2.19. The molecule has 1 aromatic carbocycles. The van der Waals surface area contributed by atoms with Gasteiger partial charge in [-0.05, 0) is 37.1 Å². The average molecular weight is 342 g/mol. The Morgan fingerprint density at radius 2 is 1.91 bits per heavy atom. The summed E-state index contributed by atoms with van der Waals surface area (Å²) < 4.78 is 34.2. The number of hydrogen-bond acceptors (Lipinski definition) is 4. The lowest BCUT2D eigenvalue weighted by Crippen LogP contribution is -2.19. The molecule has 0 saturated carbocycles. The Labute approximate surface area is 134 Å². The van der Waals surface area contributed by atoms with Gasteiger partial charge in [-0.1, -0.05) is 11.6 Å². The minimum Gasteiger partial charge on any atom is -0.381 e. The first-order valence-electron chi connectivity index (χ1n) is 6.95. The van der Waals surface area contributed by atoms with E-state index < -0.39 is 10.0 Å². The van der Waals surface area contributed by atoms with Crippen molar-refractivity contribution in [1.29, 1.82) is 0 Å². The first kappa shape index (κ1) is 15.3. The van der Waals surface area contributed by atoms with Gasteiger partial charge in [0.15, 0.2) is 0 Å².